The third kappa shape index (κ3) is 4.27. The average molecular weight is 465 g/mol. The van der Waals surface area contributed by atoms with Crippen LogP contribution in [0.4, 0.5) is 11.5 Å². The van der Waals surface area contributed by atoms with Crippen LogP contribution >= 0.6 is 0 Å². The smallest absolute Gasteiger partial charge is 0.336 e. The molecule has 0 radical (unpaired) electrons. The predicted molar refractivity (Wildman–Crippen MR) is 132 cm³/mol. The van der Waals surface area contributed by atoms with Crippen LogP contribution in [0.3, 0.4) is 0 Å². The highest BCUT2D eigenvalue weighted by Gasteiger charge is 2.37. The number of aromatic carboxylic acids is 2. The number of nitrogens with zero attached hydrogens (tertiary/aromatic N) is 2. The molecule has 1 aliphatic rings. The molecule has 4 aromatic rings. The highest BCUT2D eigenvalue weighted by molar-refractivity contribution is 6.06. The van der Waals surface area contributed by atoms with Crippen molar-refractivity contribution in [3.05, 3.63) is 113 Å². The minimum Gasteiger partial charge on any atom is -0.478 e. The number of carboxylic acid groups (broad SMARTS) is 2. The predicted octanol–water partition coefficient (Wildman–Crippen LogP) is 5.09. The van der Waals surface area contributed by atoms with Crippen molar-refractivity contribution in [2.24, 2.45) is 4.99 Å². The van der Waals surface area contributed by atoms with E-state index in [4.69, 9.17) is 4.99 Å². The third-order valence-corrected chi connectivity index (χ3v) is 5.97. The van der Waals surface area contributed by atoms with E-state index < -0.39 is 18.1 Å². The maximum atomic E-state index is 11.7. The molecule has 1 aromatic heterocycles. The van der Waals surface area contributed by atoms with Gasteiger partial charge in [-0.05, 0) is 47.3 Å². The fourth-order valence-electron chi connectivity index (χ4n) is 4.17. The van der Waals surface area contributed by atoms with Crippen molar-refractivity contribution in [2.45, 2.75) is 13.1 Å². The summed E-state index contributed by atoms with van der Waals surface area (Å²) in [5.41, 5.74) is 4.88. The molecule has 0 fully saturated rings. The van der Waals surface area contributed by atoms with Crippen molar-refractivity contribution in [1.29, 1.82) is 0 Å². The average Bonchev–Trinajstić information content (AvgIpc) is 3.22. The SMILES string of the molecule is Cc1ccc(C2=Nc3cc(-c4ccccc4)cc[n+]3C2Nc2ccc(C(=O)O)c(C(=O)O)c2)cc1. The molecule has 3 aromatic carbocycles. The summed E-state index contributed by atoms with van der Waals surface area (Å²) in [7, 11) is 0. The van der Waals surface area contributed by atoms with Gasteiger partial charge in [-0.2, -0.15) is 0 Å². The van der Waals surface area contributed by atoms with Crippen LogP contribution in [-0.4, -0.2) is 27.9 Å². The van der Waals surface area contributed by atoms with E-state index in [-0.39, 0.29) is 11.1 Å². The number of benzene rings is 3. The van der Waals surface area contributed by atoms with Crippen LogP contribution in [0.25, 0.3) is 11.1 Å². The van der Waals surface area contributed by atoms with Gasteiger partial charge >= 0.3 is 17.8 Å². The lowest BCUT2D eigenvalue weighted by Gasteiger charge is -2.16. The lowest BCUT2D eigenvalue weighted by molar-refractivity contribution is -0.683. The zero-order valence-corrected chi connectivity index (χ0v) is 18.8. The van der Waals surface area contributed by atoms with Gasteiger partial charge in [0.1, 0.15) is 0 Å². The second-order valence-corrected chi connectivity index (χ2v) is 8.33. The molecule has 35 heavy (non-hydrogen) atoms. The largest absolute Gasteiger partial charge is 0.478 e. The molecule has 5 rings (SSSR count). The number of carbonyl (C=O) groups is 2. The highest BCUT2D eigenvalue weighted by Crippen LogP contribution is 2.30. The number of anilines is 1. The third-order valence-electron chi connectivity index (χ3n) is 5.97. The maximum absolute atomic E-state index is 11.7. The highest BCUT2D eigenvalue weighted by atomic mass is 16.4. The van der Waals surface area contributed by atoms with Crippen molar-refractivity contribution in [2.75, 3.05) is 5.32 Å². The Balaban J connectivity index is 1.58. The van der Waals surface area contributed by atoms with Crippen LogP contribution in [0.15, 0.2) is 96.1 Å². The summed E-state index contributed by atoms with van der Waals surface area (Å²) in [6, 6.07) is 26.3. The standard InChI is InChI=1S/C28H21N3O4/c1-17-7-9-19(10-8-17)25-26(29-21-11-12-22(27(32)33)23(16-21)28(34)35)31-14-13-20(15-24(31)30-25)18-5-3-2-4-6-18/h2-16,26,29H,1H3,(H-,32,33,34,35)/p+1. The number of pyridine rings is 1. The topological polar surface area (TPSA) is 103 Å². The lowest BCUT2D eigenvalue weighted by atomic mass is 10.0. The van der Waals surface area contributed by atoms with Crippen LogP contribution < -0.4 is 9.88 Å². The minimum atomic E-state index is -1.30. The van der Waals surface area contributed by atoms with Crippen LogP contribution in [0.2, 0.25) is 0 Å². The van der Waals surface area contributed by atoms with Gasteiger partial charge in [-0.15, -0.1) is 0 Å². The molecule has 0 saturated carbocycles. The molecule has 1 unspecified atom stereocenters. The number of hydrogen-bond acceptors (Lipinski definition) is 4. The fourth-order valence-corrected chi connectivity index (χ4v) is 4.17. The number of fused-ring (bicyclic) bond motifs is 1. The Morgan fingerprint density at radius 2 is 1.51 bits per heavy atom. The number of aromatic nitrogens is 1. The molecule has 0 spiro atoms. The van der Waals surface area contributed by atoms with Crippen LogP contribution in [0, 0.1) is 6.92 Å². The quantitative estimate of drug-likeness (QED) is 0.345. The summed E-state index contributed by atoms with van der Waals surface area (Å²) in [5, 5.41) is 22.2. The first kappa shape index (κ1) is 22.0. The van der Waals surface area contributed by atoms with Gasteiger partial charge < -0.3 is 15.5 Å². The Morgan fingerprint density at radius 1 is 0.800 bits per heavy atom. The molecule has 7 nitrogen and oxygen atoms in total. The molecular weight excluding hydrogens is 442 g/mol. The van der Waals surface area contributed by atoms with Gasteiger partial charge in [0.15, 0.2) is 0 Å². The molecule has 2 heterocycles. The number of aliphatic imine (C=N–C) groups is 1. The molecule has 0 aliphatic carbocycles. The number of carboxylic acids is 2. The zero-order valence-electron chi connectivity index (χ0n) is 18.8. The molecular formula is C28H22N3O4+. The van der Waals surface area contributed by atoms with Crippen LogP contribution in [-0.2, 0) is 0 Å². The Kier molecular flexibility index (Phi) is 5.58. The second-order valence-electron chi connectivity index (χ2n) is 8.33. The van der Waals surface area contributed by atoms with Crippen molar-refractivity contribution in [3.8, 4) is 11.1 Å². The van der Waals surface area contributed by atoms with Crippen molar-refractivity contribution in [3.63, 3.8) is 0 Å². The fraction of sp³-hybridized carbons (Fsp3) is 0.0714. The zero-order chi connectivity index (χ0) is 24.5. The summed E-state index contributed by atoms with van der Waals surface area (Å²) in [4.78, 5) is 28.1. The lowest BCUT2D eigenvalue weighted by Crippen LogP contribution is -2.44. The van der Waals surface area contributed by atoms with Gasteiger partial charge in [-0.1, -0.05) is 60.2 Å². The number of rotatable bonds is 6. The van der Waals surface area contributed by atoms with E-state index in [2.05, 4.69) is 5.32 Å². The summed E-state index contributed by atoms with van der Waals surface area (Å²) < 4.78 is 1.98. The summed E-state index contributed by atoms with van der Waals surface area (Å²) in [6.45, 7) is 2.02. The van der Waals surface area contributed by atoms with Gasteiger partial charge in [0.05, 0.1) is 17.3 Å². The Labute approximate surface area is 201 Å². The maximum Gasteiger partial charge on any atom is 0.336 e. The molecule has 172 valence electrons. The molecule has 1 aliphatic heterocycles. The normalized spacial score (nSPS) is 14.2. The Hall–Kier alpha value is -4.78. The Morgan fingerprint density at radius 3 is 2.20 bits per heavy atom. The van der Waals surface area contributed by atoms with Gasteiger partial charge in [0, 0.05) is 17.3 Å². The monoisotopic (exact) mass is 464 g/mol. The number of hydrogen-bond donors (Lipinski definition) is 3. The van der Waals surface area contributed by atoms with Crippen molar-refractivity contribution in [1.82, 2.24) is 0 Å². The molecule has 3 N–H and O–H groups in total. The van der Waals surface area contributed by atoms with E-state index in [1.54, 1.807) is 6.07 Å². The summed E-state index contributed by atoms with van der Waals surface area (Å²) >= 11 is 0. The first-order valence-corrected chi connectivity index (χ1v) is 11.0. The van der Waals surface area contributed by atoms with E-state index in [0.717, 1.165) is 33.8 Å². The number of aryl methyl sites for hydroxylation is 1. The minimum absolute atomic E-state index is 0.262. The van der Waals surface area contributed by atoms with Gasteiger partial charge in [0.25, 0.3) is 0 Å². The summed E-state index contributed by atoms with van der Waals surface area (Å²) in [5.74, 6) is -1.84. The molecule has 0 bridgehead atoms. The van der Waals surface area contributed by atoms with Gasteiger partial charge in [-0.3, -0.25) is 0 Å². The van der Waals surface area contributed by atoms with E-state index in [0.29, 0.717) is 5.69 Å². The van der Waals surface area contributed by atoms with Gasteiger partial charge in [0.2, 0.25) is 11.9 Å². The van der Waals surface area contributed by atoms with Crippen LogP contribution in [0.1, 0.15) is 38.0 Å². The Bertz CT molecular complexity index is 1480. The number of nitrogens with one attached hydrogen (secondary N) is 1. The van der Waals surface area contributed by atoms with E-state index in [9.17, 15) is 19.8 Å². The van der Waals surface area contributed by atoms with Gasteiger partial charge in [-0.25, -0.2) is 14.2 Å². The summed E-state index contributed by atoms with van der Waals surface area (Å²) in [6.07, 6.45) is 1.53. The molecule has 7 heteroatoms. The van der Waals surface area contributed by atoms with E-state index >= 15 is 0 Å². The molecule has 1 atom stereocenters. The first-order chi connectivity index (χ1) is 16.9. The van der Waals surface area contributed by atoms with Crippen molar-refractivity contribution < 1.29 is 24.4 Å². The van der Waals surface area contributed by atoms with Crippen molar-refractivity contribution >= 4 is 29.2 Å². The van der Waals surface area contributed by atoms with Crippen LogP contribution in [0.5, 0.6) is 0 Å². The van der Waals surface area contributed by atoms with E-state index in [1.165, 1.54) is 12.1 Å². The molecule has 0 amide bonds. The van der Waals surface area contributed by atoms with E-state index in [1.807, 2.05) is 84.4 Å². The second kappa shape index (κ2) is 8.87. The first-order valence-electron chi connectivity index (χ1n) is 11.0. The molecule has 0 saturated heterocycles.